The molecular formula is C8H11ClN2. The molecule has 0 spiro atoms. The second-order valence-corrected chi connectivity index (χ2v) is 2.84. The minimum Gasteiger partial charge on any atom is -0.275 e. The molecule has 0 bridgehead atoms. The summed E-state index contributed by atoms with van der Waals surface area (Å²) in [4.78, 5) is 0. The molecule has 0 aliphatic rings. The third-order valence-corrected chi connectivity index (χ3v) is 1.83. The average molecular weight is 171 g/mol. The van der Waals surface area contributed by atoms with Crippen LogP contribution in [0.1, 0.15) is 11.3 Å². The summed E-state index contributed by atoms with van der Waals surface area (Å²) in [6.07, 6.45) is 1.95. The van der Waals surface area contributed by atoms with E-state index in [-0.39, 0.29) is 0 Å². The molecule has 0 radical (unpaired) electrons. The Balaban J connectivity index is 3.03. The summed E-state index contributed by atoms with van der Waals surface area (Å²) >= 11 is 5.62. The van der Waals surface area contributed by atoms with E-state index in [9.17, 15) is 0 Å². The molecule has 0 unspecified atom stereocenters. The Morgan fingerprint density at radius 2 is 2.45 bits per heavy atom. The fourth-order valence-corrected chi connectivity index (χ4v) is 1.15. The molecule has 0 aromatic carbocycles. The van der Waals surface area contributed by atoms with Crippen molar-refractivity contribution in [3.8, 4) is 0 Å². The van der Waals surface area contributed by atoms with Crippen molar-refractivity contribution in [1.29, 1.82) is 0 Å². The van der Waals surface area contributed by atoms with Crippen LogP contribution in [0, 0.1) is 6.92 Å². The Morgan fingerprint density at radius 3 is 2.82 bits per heavy atom. The molecule has 11 heavy (non-hydrogen) atoms. The Bertz CT molecular complexity index is 276. The molecule has 0 amide bonds. The van der Waals surface area contributed by atoms with Crippen LogP contribution in [0.15, 0.2) is 12.8 Å². The fraction of sp³-hybridized carbons (Fsp3) is 0.375. The van der Waals surface area contributed by atoms with E-state index in [0.717, 1.165) is 16.8 Å². The third-order valence-electron chi connectivity index (χ3n) is 1.51. The van der Waals surface area contributed by atoms with Gasteiger partial charge in [0.25, 0.3) is 0 Å². The monoisotopic (exact) mass is 170 g/mol. The predicted molar refractivity (Wildman–Crippen MR) is 47.7 cm³/mol. The Labute approximate surface area is 71.5 Å². The highest BCUT2D eigenvalue weighted by atomic mass is 35.5. The normalized spacial score (nSPS) is 10.1. The molecule has 1 rings (SSSR count). The van der Waals surface area contributed by atoms with Crippen LogP contribution in [-0.2, 0) is 7.05 Å². The van der Waals surface area contributed by atoms with Crippen LogP contribution in [0.25, 0.3) is 5.57 Å². The van der Waals surface area contributed by atoms with Gasteiger partial charge >= 0.3 is 0 Å². The molecule has 0 aliphatic carbocycles. The quantitative estimate of drug-likeness (QED) is 0.621. The van der Waals surface area contributed by atoms with Crippen LogP contribution < -0.4 is 0 Å². The van der Waals surface area contributed by atoms with E-state index < -0.39 is 0 Å². The smallest absolute Gasteiger partial charge is 0.0918 e. The van der Waals surface area contributed by atoms with Gasteiger partial charge in [0.05, 0.1) is 5.69 Å². The number of nitrogens with zero attached hydrogens (tertiary/aromatic N) is 2. The minimum absolute atomic E-state index is 0.442. The highest BCUT2D eigenvalue weighted by molar-refractivity contribution is 6.23. The molecule has 2 nitrogen and oxygen atoms in total. The Kier molecular flexibility index (Phi) is 2.35. The van der Waals surface area contributed by atoms with Crippen molar-refractivity contribution in [3.05, 3.63) is 24.0 Å². The summed E-state index contributed by atoms with van der Waals surface area (Å²) in [6.45, 7) is 5.81. The second kappa shape index (κ2) is 3.09. The molecule has 60 valence electrons. The zero-order chi connectivity index (χ0) is 8.43. The first-order valence-electron chi connectivity index (χ1n) is 3.39. The molecule has 0 fully saturated rings. The van der Waals surface area contributed by atoms with Crippen molar-refractivity contribution in [3.63, 3.8) is 0 Å². The zero-order valence-electron chi connectivity index (χ0n) is 6.76. The van der Waals surface area contributed by atoms with Gasteiger partial charge in [-0.25, -0.2) is 0 Å². The molecular weight excluding hydrogens is 160 g/mol. The summed E-state index contributed by atoms with van der Waals surface area (Å²) in [7, 11) is 1.89. The SMILES string of the molecule is C=C(CCl)c1nn(C)cc1C. The average Bonchev–Trinajstić information content (AvgIpc) is 2.28. The number of aromatic nitrogens is 2. The van der Waals surface area contributed by atoms with Gasteiger partial charge in [-0.3, -0.25) is 4.68 Å². The predicted octanol–water partition coefficient (Wildman–Crippen LogP) is 1.98. The molecule has 1 aromatic heterocycles. The summed E-state index contributed by atoms with van der Waals surface area (Å²) in [6, 6.07) is 0. The number of alkyl halides is 1. The lowest BCUT2D eigenvalue weighted by Crippen LogP contribution is -1.91. The van der Waals surface area contributed by atoms with Crippen LogP contribution in [-0.4, -0.2) is 15.7 Å². The van der Waals surface area contributed by atoms with Crippen LogP contribution in [0.2, 0.25) is 0 Å². The molecule has 1 aromatic rings. The Morgan fingerprint density at radius 1 is 1.82 bits per heavy atom. The lowest BCUT2D eigenvalue weighted by atomic mass is 10.2. The Hall–Kier alpha value is -0.760. The standard InChI is InChI=1S/C8H11ClN2/c1-6(4-9)8-7(2)5-11(3)10-8/h5H,1,4H2,2-3H3. The van der Waals surface area contributed by atoms with Gasteiger partial charge in [-0.15, -0.1) is 11.6 Å². The van der Waals surface area contributed by atoms with Gasteiger partial charge in [0, 0.05) is 19.1 Å². The van der Waals surface area contributed by atoms with Crippen molar-refractivity contribution < 1.29 is 0 Å². The third kappa shape index (κ3) is 1.63. The first kappa shape index (κ1) is 8.34. The van der Waals surface area contributed by atoms with Crippen molar-refractivity contribution in [2.45, 2.75) is 6.92 Å². The van der Waals surface area contributed by atoms with Crippen molar-refractivity contribution >= 4 is 17.2 Å². The first-order valence-corrected chi connectivity index (χ1v) is 3.93. The van der Waals surface area contributed by atoms with Crippen molar-refractivity contribution in [2.75, 3.05) is 5.88 Å². The van der Waals surface area contributed by atoms with Crippen LogP contribution >= 0.6 is 11.6 Å². The maximum atomic E-state index is 5.62. The molecule has 0 saturated carbocycles. The van der Waals surface area contributed by atoms with Crippen molar-refractivity contribution in [2.24, 2.45) is 7.05 Å². The summed E-state index contributed by atoms with van der Waals surface area (Å²) < 4.78 is 1.77. The minimum atomic E-state index is 0.442. The van der Waals surface area contributed by atoms with Gasteiger partial charge in [-0.05, 0) is 18.1 Å². The van der Waals surface area contributed by atoms with Crippen molar-refractivity contribution in [1.82, 2.24) is 9.78 Å². The van der Waals surface area contributed by atoms with E-state index >= 15 is 0 Å². The van der Waals surface area contributed by atoms with E-state index in [1.54, 1.807) is 4.68 Å². The van der Waals surface area contributed by atoms with Gasteiger partial charge in [0.1, 0.15) is 0 Å². The molecule has 0 aliphatic heterocycles. The molecule has 1 heterocycles. The molecule has 0 saturated heterocycles. The highest BCUT2D eigenvalue weighted by Gasteiger charge is 2.05. The summed E-state index contributed by atoms with van der Waals surface area (Å²) in [5.41, 5.74) is 2.92. The number of aryl methyl sites for hydroxylation is 2. The maximum Gasteiger partial charge on any atom is 0.0918 e. The topological polar surface area (TPSA) is 17.8 Å². The molecule has 0 N–H and O–H groups in total. The van der Waals surface area contributed by atoms with E-state index in [2.05, 4.69) is 11.7 Å². The van der Waals surface area contributed by atoms with Gasteiger partial charge in [0.2, 0.25) is 0 Å². The molecule has 0 atom stereocenters. The lowest BCUT2D eigenvalue weighted by Gasteiger charge is -1.95. The van der Waals surface area contributed by atoms with Gasteiger partial charge in [0.15, 0.2) is 0 Å². The largest absolute Gasteiger partial charge is 0.275 e. The van der Waals surface area contributed by atoms with E-state index in [1.165, 1.54) is 0 Å². The fourth-order valence-electron chi connectivity index (χ4n) is 1.02. The van der Waals surface area contributed by atoms with Crippen LogP contribution in [0.5, 0.6) is 0 Å². The first-order chi connectivity index (χ1) is 5.15. The van der Waals surface area contributed by atoms with E-state index in [4.69, 9.17) is 11.6 Å². The number of halogens is 1. The van der Waals surface area contributed by atoms with Gasteiger partial charge in [-0.2, -0.15) is 5.10 Å². The van der Waals surface area contributed by atoms with E-state index in [1.807, 2.05) is 20.2 Å². The van der Waals surface area contributed by atoms with Gasteiger partial charge < -0.3 is 0 Å². The van der Waals surface area contributed by atoms with E-state index in [0.29, 0.717) is 5.88 Å². The summed E-state index contributed by atoms with van der Waals surface area (Å²) in [5, 5.41) is 4.21. The number of hydrogen-bond donors (Lipinski definition) is 0. The second-order valence-electron chi connectivity index (χ2n) is 2.57. The highest BCUT2D eigenvalue weighted by Crippen LogP contribution is 2.15. The number of hydrogen-bond acceptors (Lipinski definition) is 1. The van der Waals surface area contributed by atoms with Gasteiger partial charge in [-0.1, -0.05) is 6.58 Å². The number of rotatable bonds is 2. The van der Waals surface area contributed by atoms with Crippen LogP contribution in [0.4, 0.5) is 0 Å². The number of allylic oxidation sites excluding steroid dienone is 1. The summed E-state index contributed by atoms with van der Waals surface area (Å²) in [5.74, 6) is 0.442. The van der Waals surface area contributed by atoms with Crippen LogP contribution in [0.3, 0.4) is 0 Å². The zero-order valence-corrected chi connectivity index (χ0v) is 7.52. The lowest BCUT2D eigenvalue weighted by molar-refractivity contribution is 0.763. The maximum absolute atomic E-state index is 5.62. The molecule has 3 heteroatoms.